The Labute approximate surface area is 178 Å². The van der Waals surface area contributed by atoms with Gasteiger partial charge in [-0.15, -0.1) is 0 Å². The van der Waals surface area contributed by atoms with Crippen molar-refractivity contribution >= 4 is 17.4 Å². The van der Waals surface area contributed by atoms with Crippen molar-refractivity contribution in [2.45, 2.75) is 6.92 Å². The number of aromatic nitrogens is 2. The molecule has 0 spiro atoms. The van der Waals surface area contributed by atoms with Crippen LogP contribution in [0, 0.1) is 6.92 Å². The van der Waals surface area contributed by atoms with Gasteiger partial charge in [0.1, 0.15) is 5.75 Å². The van der Waals surface area contributed by atoms with E-state index in [9.17, 15) is 9.59 Å². The van der Waals surface area contributed by atoms with Gasteiger partial charge < -0.3 is 10.1 Å². The van der Waals surface area contributed by atoms with Crippen LogP contribution in [0.1, 0.15) is 31.8 Å². The van der Waals surface area contributed by atoms with Crippen molar-refractivity contribution in [1.29, 1.82) is 0 Å². The molecule has 1 amide bonds. The molecule has 0 radical (unpaired) electrons. The van der Waals surface area contributed by atoms with Crippen molar-refractivity contribution in [3.8, 4) is 22.9 Å². The van der Waals surface area contributed by atoms with E-state index in [1.165, 1.54) is 0 Å². The Balaban J connectivity index is 1.36. The number of carbonyl (C=O) groups excluding carboxylic acids is 2. The predicted octanol–water partition coefficient (Wildman–Crippen LogP) is 5.04. The number of benzene rings is 3. The number of nitrogens with zero attached hydrogens (tertiary/aromatic N) is 2. The molecule has 0 fully saturated rings. The number of ketones is 1. The first-order valence-corrected chi connectivity index (χ1v) is 9.75. The zero-order valence-electron chi connectivity index (χ0n) is 16.6. The third-order valence-corrected chi connectivity index (χ3v) is 5.19. The highest BCUT2D eigenvalue weighted by atomic mass is 16.5. The minimum absolute atomic E-state index is 0.0546. The number of carbonyl (C=O) groups is 2. The molecule has 1 heterocycles. The summed E-state index contributed by atoms with van der Waals surface area (Å²) in [6.45, 7) is 1.87. The smallest absolute Gasteiger partial charge is 0.321 e. The minimum atomic E-state index is -0.283. The average molecular weight is 407 g/mol. The van der Waals surface area contributed by atoms with E-state index in [-0.39, 0.29) is 17.7 Å². The van der Waals surface area contributed by atoms with Crippen LogP contribution < -0.4 is 10.1 Å². The Morgan fingerprint density at radius 3 is 2.35 bits per heavy atom. The first-order chi connectivity index (χ1) is 15.1. The van der Waals surface area contributed by atoms with E-state index < -0.39 is 0 Å². The van der Waals surface area contributed by atoms with Gasteiger partial charge >= 0.3 is 6.01 Å². The molecule has 0 saturated carbocycles. The van der Waals surface area contributed by atoms with Gasteiger partial charge in [0.05, 0.1) is 0 Å². The second kappa shape index (κ2) is 7.50. The molecule has 1 aliphatic rings. The fourth-order valence-corrected chi connectivity index (χ4v) is 3.65. The fourth-order valence-electron chi connectivity index (χ4n) is 3.65. The lowest BCUT2D eigenvalue weighted by molar-refractivity contribution is 0.102. The maximum atomic E-state index is 12.8. The molecule has 0 aliphatic heterocycles. The maximum Gasteiger partial charge on any atom is 0.321 e. The standard InChI is InChI=1S/C25H17N3O3/c1-15-13-17(31-25-26-11-4-12-27-25)8-10-22(15)28-24(30)16-7-9-19-18-5-2-3-6-20(18)23(29)21(19)14-16/h2-14H,1H3,(H,28,30). The molecule has 5 rings (SSSR count). The van der Waals surface area contributed by atoms with Crippen LogP contribution in [-0.4, -0.2) is 21.7 Å². The van der Waals surface area contributed by atoms with Gasteiger partial charge in [0.15, 0.2) is 5.78 Å². The predicted molar refractivity (Wildman–Crippen MR) is 117 cm³/mol. The van der Waals surface area contributed by atoms with Crippen LogP contribution in [-0.2, 0) is 0 Å². The van der Waals surface area contributed by atoms with E-state index in [1.54, 1.807) is 48.8 Å². The van der Waals surface area contributed by atoms with Gasteiger partial charge in [0, 0.05) is 34.8 Å². The Bertz CT molecular complexity index is 1330. The Kier molecular flexibility index (Phi) is 4.52. The third-order valence-electron chi connectivity index (χ3n) is 5.19. The number of fused-ring (bicyclic) bond motifs is 3. The number of anilines is 1. The number of nitrogens with one attached hydrogen (secondary N) is 1. The highest BCUT2D eigenvalue weighted by molar-refractivity contribution is 6.22. The third kappa shape index (κ3) is 3.44. The van der Waals surface area contributed by atoms with Gasteiger partial charge in [-0.05, 0) is 60.0 Å². The SMILES string of the molecule is Cc1cc(Oc2ncccn2)ccc1NC(=O)c1ccc2c(c1)C(=O)c1ccccc1-2. The van der Waals surface area contributed by atoms with Crippen molar-refractivity contribution in [2.24, 2.45) is 0 Å². The van der Waals surface area contributed by atoms with Gasteiger partial charge in [-0.25, -0.2) is 9.97 Å². The highest BCUT2D eigenvalue weighted by Crippen LogP contribution is 2.36. The maximum absolute atomic E-state index is 12.8. The Morgan fingerprint density at radius 1 is 0.839 bits per heavy atom. The monoisotopic (exact) mass is 407 g/mol. The largest absolute Gasteiger partial charge is 0.424 e. The van der Waals surface area contributed by atoms with Crippen LogP contribution in [0.25, 0.3) is 11.1 Å². The van der Waals surface area contributed by atoms with E-state index >= 15 is 0 Å². The summed E-state index contributed by atoms with van der Waals surface area (Å²) in [5, 5.41) is 2.91. The number of hydrogen-bond acceptors (Lipinski definition) is 5. The average Bonchev–Trinajstić information content (AvgIpc) is 3.08. The zero-order chi connectivity index (χ0) is 21.4. The van der Waals surface area contributed by atoms with Crippen LogP contribution in [0.4, 0.5) is 5.69 Å². The van der Waals surface area contributed by atoms with E-state index in [4.69, 9.17) is 4.74 Å². The lowest BCUT2D eigenvalue weighted by Gasteiger charge is -2.11. The van der Waals surface area contributed by atoms with Crippen LogP contribution >= 0.6 is 0 Å². The van der Waals surface area contributed by atoms with Crippen LogP contribution in [0.15, 0.2) is 79.1 Å². The van der Waals surface area contributed by atoms with Crippen LogP contribution in [0.5, 0.6) is 11.8 Å². The molecule has 0 unspecified atom stereocenters. The molecule has 31 heavy (non-hydrogen) atoms. The van der Waals surface area contributed by atoms with Crippen molar-refractivity contribution in [2.75, 3.05) is 5.32 Å². The van der Waals surface area contributed by atoms with Gasteiger partial charge in [-0.3, -0.25) is 9.59 Å². The van der Waals surface area contributed by atoms with E-state index in [0.29, 0.717) is 28.1 Å². The second-order valence-corrected chi connectivity index (χ2v) is 7.20. The molecule has 0 saturated heterocycles. The molecule has 150 valence electrons. The summed E-state index contributed by atoms with van der Waals surface area (Å²) in [6.07, 6.45) is 3.20. The Morgan fingerprint density at radius 2 is 1.58 bits per heavy atom. The summed E-state index contributed by atoms with van der Waals surface area (Å²) in [7, 11) is 0. The quantitative estimate of drug-likeness (QED) is 0.451. The summed E-state index contributed by atoms with van der Waals surface area (Å²) in [5.74, 6) is 0.235. The lowest BCUT2D eigenvalue weighted by Crippen LogP contribution is -2.13. The summed E-state index contributed by atoms with van der Waals surface area (Å²) in [4.78, 5) is 33.6. The number of ether oxygens (including phenoxy) is 1. The van der Waals surface area contributed by atoms with Crippen molar-refractivity contribution in [3.05, 3.63) is 101 Å². The molecule has 1 aromatic heterocycles. The summed E-state index contributed by atoms with van der Waals surface area (Å²) >= 11 is 0. The lowest BCUT2D eigenvalue weighted by atomic mass is 10.0. The number of hydrogen-bond donors (Lipinski definition) is 1. The summed E-state index contributed by atoms with van der Waals surface area (Å²) in [5.41, 5.74) is 4.90. The molecule has 4 aromatic rings. The highest BCUT2D eigenvalue weighted by Gasteiger charge is 2.27. The topological polar surface area (TPSA) is 81.2 Å². The molecule has 0 atom stereocenters. The molecule has 3 aromatic carbocycles. The number of rotatable bonds is 4. The Hall–Kier alpha value is -4.32. The van der Waals surface area contributed by atoms with Crippen molar-refractivity contribution in [3.63, 3.8) is 0 Å². The molecule has 1 N–H and O–H groups in total. The van der Waals surface area contributed by atoms with E-state index in [2.05, 4.69) is 15.3 Å². The number of amides is 1. The number of aryl methyl sites for hydroxylation is 1. The normalized spacial score (nSPS) is 11.6. The van der Waals surface area contributed by atoms with E-state index in [1.807, 2.05) is 37.3 Å². The molecule has 6 heteroatoms. The van der Waals surface area contributed by atoms with Gasteiger partial charge in [-0.2, -0.15) is 0 Å². The van der Waals surface area contributed by atoms with Crippen molar-refractivity contribution in [1.82, 2.24) is 9.97 Å². The van der Waals surface area contributed by atoms with E-state index in [0.717, 1.165) is 16.7 Å². The van der Waals surface area contributed by atoms with Crippen LogP contribution in [0.3, 0.4) is 0 Å². The molecule has 6 nitrogen and oxygen atoms in total. The van der Waals surface area contributed by atoms with Gasteiger partial charge in [0.25, 0.3) is 5.91 Å². The summed E-state index contributed by atoms with van der Waals surface area (Å²) in [6, 6.07) is 20.0. The first kappa shape index (κ1) is 18.7. The fraction of sp³-hybridized carbons (Fsp3) is 0.0400. The van der Waals surface area contributed by atoms with Crippen molar-refractivity contribution < 1.29 is 14.3 Å². The molecular weight excluding hydrogens is 390 g/mol. The van der Waals surface area contributed by atoms with Gasteiger partial charge in [-0.1, -0.05) is 30.3 Å². The minimum Gasteiger partial charge on any atom is -0.424 e. The molecular formula is C25H17N3O3. The molecule has 0 bridgehead atoms. The second-order valence-electron chi connectivity index (χ2n) is 7.20. The summed E-state index contributed by atoms with van der Waals surface area (Å²) < 4.78 is 5.62. The first-order valence-electron chi connectivity index (χ1n) is 9.75. The van der Waals surface area contributed by atoms with Crippen LogP contribution in [0.2, 0.25) is 0 Å². The van der Waals surface area contributed by atoms with Gasteiger partial charge in [0.2, 0.25) is 0 Å². The zero-order valence-corrected chi connectivity index (χ0v) is 16.6. The molecule has 1 aliphatic carbocycles.